The molecule has 1 heterocycles. The smallest absolute Gasteiger partial charge is 0.253 e. The summed E-state index contributed by atoms with van der Waals surface area (Å²) >= 11 is 0. The Bertz CT molecular complexity index is 528. The van der Waals surface area contributed by atoms with Crippen LogP contribution in [0.4, 0.5) is 5.69 Å². The Morgan fingerprint density at radius 1 is 1.27 bits per heavy atom. The molecule has 4 heteroatoms. The minimum absolute atomic E-state index is 0.159. The zero-order chi connectivity index (χ0) is 15.7. The van der Waals surface area contributed by atoms with Gasteiger partial charge in [-0.15, -0.1) is 0 Å². The lowest BCUT2D eigenvalue weighted by molar-refractivity contribution is 0.0779. The summed E-state index contributed by atoms with van der Waals surface area (Å²) in [6.07, 6.45) is 3.42. The van der Waals surface area contributed by atoms with Crippen molar-refractivity contribution < 1.29 is 4.79 Å². The second-order valence-electron chi connectivity index (χ2n) is 6.84. The van der Waals surface area contributed by atoms with Crippen molar-refractivity contribution in [3.8, 4) is 0 Å². The topological polar surface area (TPSA) is 49.6 Å². The van der Waals surface area contributed by atoms with Gasteiger partial charge in [0.1, 0.15) is 0 Å². The van der Waals surface area contributed by atoms with Gasteiger partial charge in [-0.1, -0.05) is 6.92 Å². The molecule has 3 atom stereocenters. The molecule has 1 aliphatic heterocycles. The van der Waals surface area contributed by atoms with E-state index in [0.29, 0.717) is 11.8 Å². The highest BCUT2D eigenvalue weighted by Gasteiger charge is 2.42. The number of anilines is 1. The molecule has 0 bridgehead atoms. The van der Waals surface area contributed by atoms with Gasteiger partial charge in [0.15, 0.2) is 0 Å². The lowest BCUT2D eigenvalue weighted by atomic mass is 9.98. The monoisotopic (exact) mass is 301 g/mol. The summed E-state index contributed by atoms with van der Waals surface area (Å²) in [5.74, 6) is 1.29. The largest absolute Gasteiger partial charge is 0.375 e. The average Bonchev–Trinajstić information content (AvgIpc) is 3.09. The summed E-state index contributed by atoms with van der Waals surface area (Å²) in [4.78, 5) is 16.9. The van der Waals surface area contributed by atoms with Crippen LogP contribution in [0.5, 0.6) is 0 Å². The summed E-state index contributed by atoms with van der Waals surface area (Å²) in [7, 11) is 2.09. The van der Waals surface area contributed by atoms with Gasteiger partial charge >= 0.3 is 0 Å². The van der Waals surface area contributed by atoms with E-state index < -0.39 is 0 Å². The van der Waals surface area contributed by atoms with Gasteiger partial charge < -0.3 is 15.5 Å². The number of carbonyl (C=O) groups is 1. The van der Waals surface area contributed by atoms with Gasteiger partial charge in [-0.2, -0.15) is 0 Å². The minimum Gasteiger partial charge on any atom is -0.375 e. The zero-order valence-corrected chi connectivity index (χ0v) is 13.7. The standard InChI is InChI=1S/C18H27N3O/c1-3-10-20(2)15-7-4-13(5-8-15)18(22)21-11-14-6-9-17(19)16(14)12-21/h4-5,7-8,14,16-17H,3,6,9-12,19H2,1-2H3. The van der Waals surface area contributed by atoms with Crippen LogP contribution in [0.15, 0.2) is 24.3 Å². The molecule has 2 fully saturated rings. The number of hydrogen-bond donors (Lipinski definition) is 1. The van der Waals surface area contributed by atoms with Crippen molar-refractivity contribution in [1.29, 1.82) is 0 Å². The Kier molecular flexibility index (Phi) is 4.39. The fourth-order valence-corrected chi connectivity index (χ4v) is 3.98. The maximum Gasteiger partial charge on any atom is 0.253 e. The molecule has 0 aromatic heterocycles. The summed E-state index contributed by atoms with van der Waals surface area (Å²) in [5, 5.41) is 0. The van der Waals surface area contributed by atoms with E-state index in [1.807, 2.05) is 29.2 Å². The molecule has 1 aromatic rings. The van der Waals surface area contributed by atoms with Gasteiger partial charge in [0.2, 0.25) is 0 Å². The highest BCUT2D eigenvalue weighted by molar-refractivity contribution is 5.94. The number of rotatable bonds is 4. The summed E-state index contributed by atoms with van der Waals surface area (Å²) in [6.45, 7) is 4.92. The summed E-state index contributed by atoms with van der Waals surface area (Å²) in [6, 6.07) is 8.29. The van der Waals surface area contributed by atoms with Gasteiger partial charge in [0.05, 0.1) is 0 Å². The third-order valence-corrected chi connectivity index (χ3v) is 5.31. The number of benzene rings is 1. The van der Waals surface area contributed by atoms with Crippen molar-refractivity contribution in [1.82, 2.24) is 4.90 Å². The van der Waals surface area contributed by atoms with Crippen LogP contribution in [0.1, 0.15) is 36.5 Å². The van der Waals surface area contributed by atoms with E-state index in [9.17, 15) is 4.79 Å². The molecular weight excluding hydrogens is 274 g/mol. The maximum atomic E-state index is 12.7. The van der Waals surface area contributed by atoms with Crippen LogP contribution in [-0.2, 0) is 0 Å². The van der Waals surface area contributed by atoms with E-state index in [1.54, 1.807) is 0 Å². The number of nitrogens with two attached hydrogens (primary N) is 1. The molecule has 2 aliphatic rings. The fourth-order valence-electron chi connectivity index (χ4n) is 3.98. The Morgan fingerprint density at radius 2 is 2.00 bits per heavy atom. The van der Waals surface area contributed by atoms with Crippen LogP contribution in [0.3, 0.4) is 0 Å². The van der Waals surface area contributed by atoms with E-state index in [1.165, 1.54) is 12.1 Å². The third-order valence-electron chi connectivity index (χ3n) is 5.31. The van der Waals surface area contributed by atoms with Crippen LogP contribution in [0.2, 0.25) is 0 Å². The molecule has 3 rings (SSSR count). The van der Waals surface area contributed by atoms with Gasteiger partial charge in [0.25, 0.3) is 5.91 Å². The molecule has 22 heavy (non-hydrogen) atoms. The number of carbonyl (C=O) groups excluding carboxylic acids is 1. The Morgan fingerprint density at radius 3 is 2.64 bits per heavy atom. The van der Waals surface area contributed by atoms with E-state index in [2.05, 4.69) is 18.9 Å². The Balaban J connectivity index is 1.66. The molecule has 2 N–H and O–H groups in total. The maximum absolute atomic E-state index is 12.7. The SMILES string of the molecule is CCCN(C)c1ccc(C(=O)N2CC3CCC(N)C3C2)cc1. The second-order valence-corrected chi connectivity index (χ2v) is 6.84. The summed E-state index contributed by atoms with van der Waals surface area (Å²) < 4.78 is 0. The van der Waals surface area contributed by atoms with Crippen LogP contribution in [0, 0.1) is 11.8 Å². The van der Waals surface area contributed by atoms with Gasteiger partial charge in [-0.3, -0.25) is 4.79 Å². The van der Waals surface area contributed by atoms with E-state index in [-0.39, 0.29) is 11.9 Å². The van der Waals surface area contributed by atoms with Gasteiger partial charge in [-0.25, -0.2) is 0 Å². The first-order valence-corrected chi connectivity index (χ1v) is 8.46. The molecular formula is C18H27N3O. The van der Waals surface area contributed by atoms with Gasteiger partial charge in [-0.05, 0) is 55.4 Å². The van der Waals surface area contributed by atoms with E-state index in [0.717, 1.165) is 38.0 Å². The quantitative estimate of drug-likeness (QED) is 0.928. The van der Waals surface area contributed by atoms with Crippen molar-refractivity contribution in [2.75, 3.05) is 31.6 Å². The van der Waals surface area contributed by atoms with Crippen LogP contribution in [0.25, 0.3) is 0 Å². The molecule has 0 radical (unpaired) electrons. The normalized spacial score (nSPS) is 27.0. The van der Waals surface area contributed by atoms with E-state index >= 15 is 0 Å². The first-order chi connectivity index (χ1) is 10.6. The van der Waals surface area contributed by atoms with Crippen molar-refractivity contribution >= 4 is 11.6 Å². The molecule has 1 saturated carbocycles. The molecule has 3 unspecified atom stereocenters. The molecule has 1 amide bonds. The number of nitrogens with zero attached hydrogens (tertiary/aromatic N) is 2. The number of likely N-dealkylation sites (tertiary alicyclic amines) is 1. The van der Waals surface area contributed by atoms with E-state index in [4.69, 9.17) is 5.73 Å². The van der Waals surface area contributed by atoms with Crippen LogP contribution in [-0.4, -0.2) is 43.5 Å². The highest BCUT2D eigenvalue weighted by atomic mass is 16.2. The predicted octanol–water partition coefficient (Wildman–Crippen LogP) is 2.34. The first-order valence-electron chi connectivity index (χ1n) is 8.46. The first kappa shape index (κ1) is 15.3. The van der Waals surface area contributed by atoms with Gasteiger partial charge in [0, 0.05) is 44.0 Å². The molecule has 1 saturated heterocycles. The second kappa shape index (κ2) is 6.29. The number of fused-ring (bicyclic) bond motifs is 1. The molecule has 1 aromatic carbocycles. The van der Waals surface area contributed by atoms with Crippen molar-refractivity contribution in [3.63, 3.8) is 0 Å². The van der Waals surface area contributed by atoms with Crippen molar-refractivity contribution in [2.45, 2.75) is 32.2 Å². The van der Waals surface area contributed by atoms with Crippen LogP contribution >= 0.6 is 0 Å². The van der Waals surface area contributed by atoms with Crippen molar-refractivity contribution in [3.05, 3.63) is 29.8 Å². The molecule has 4 nitrogen and oxygen atoms in total. The lowest BCUT2D eigenvalue weighted by Crippen LogP contribution is -2.33. The number of hydrogen-bond acceptors (Lipinski definition) is 3. The molecule has 1 aliphatic carbocycles. The third kappa shape index (κ3) is 2.84. The van der Waals surface area contributed by atoms with Crippen LogP contribution < -0.4 is 10.6 Å². The fraction of sp³-hybridized carbons (Fsp3) is 0.611. The predicted molar refractivity (Wildman–Crippen MR) is 90.1 cm³/mol. The number of amides is 1. The zero-order valence-electron chi connectivity index (χ0n) is 13.7. The van der Waals surface area contributed by atoms with Crippen molar-refractivity contribution in [2.24, 2.45) is 17.6 Å². The molecule has 0 spiro atoms. The molecule has 120 valence electrons. The Hall–Kier alpha value is -1.55. The highest BCUT2D eigenvalue weighted by Crippen LogP contribution is 2.37. The Labute approximate surface area is 133 Å². The minimum atomic E-state index is 0.159. The summed E-state index contributed by atoms with van der Waals surface area (Å²) in [5.41, 5.74) is 8.12. The lowest BCUT2D eigenvalue weighted by Gasteiger charge is -2.21. The average molecular weight is 301 g/mol.